The van der Waals surface area contributed by atoms with Gasteiger partial charge in [0.25, 0.3) is 5.91 Å². The molecule has 2 heterocycles. The Balaban J connectivity index is 1.63. The van der Waals surface area contributed by atoms with Crippen molar-refractivity contribution < 1.29 is 4.79 Å². The van der Waals surface area contributed by atoms with Crippen LogP contribution in [-0.2, 0) is 0 Å². The molecular formula is C17H22N2OS. The summed E-state index contributed by atoms with van der Waals surface area (Å²) < 4.78 is 1.20. The van der Waals surface area contributed by atoms with Gasteiger partial charge in [-0.25, -0.2) is 0 Å². The molecule has 1 aromatic carbocycles. The lowest BCUT2D eigenvalue weighted by Crippen LogP contribution is -2.38. The Kier molecular flexibility index (Phi) is 4.56. The average molecular weight is 302 g/mol. The van der Waals surface area contributed by atoms with E-state index >= 15 is 0 Å². The van der Waals surface area contributed by atoms with Crippen LogP contribution in [0.25, 0.3) is 10.1 Å². The van der Waals surface area contributed by atoms with Crippen LogP contribution < -0.4 is 5.32 Å². The highest BCUT2D eigenvalue weighted by Gasteiger charge is 2.24. The Labute approximate surface area is 130 Å². The number of fused-ring (bicyclic) bond motifs is 1. The van der Waals surface area contributed by atoms with Gasteiger partial charge in [0.05, 0.1) is 4.88 Å². The number of nitrogens with one attached hydrogen (secondary N) is 1. The topological polar surface area (TPSA) is 32.3 Å². The molecule has 0 spiro atoms. The van der Waals surface area contributed by atoms with Crippen molar-refractivity contribution in [3.05, 3.63) is 35.2 Å². The Morgan fingerprint density at radius 3 is 2.81 bits per heavy atom. The van der Waals surface area contributed by atoms with Crippen LogP contribution in [-0.4, -0.2) is 37.5 Å². The fourth-order valence-electron chi connectivity index (χ4n) is 3.02. The summed E-state index contributed by atoms with van der Waals surface area (Å²) in [5, 5.41) is 4.39. The zero-order chi connectivity index (χ0) is 14.7. The van der Waals surface area contributed by atoms with Gasteiger partial charge in [-0.2, -0.15) is 0 Å². The molecule has 0 bridgehead atoms. The van der Waals surface area contributed by atoms with Crippen LogP contribution in [0.2, 0.25) is 0 Å². The van der Waals surface area contributed by atoms with Crippen molar-refractivity contribution in [3.8, 4) is 0 Å². The van der Waals surface area contributed by atoms with Crippen molar-refractivity contribution in [3.63, 3.8) is 0 Å². The highest BCUT2D eigenvalue weighted by atomic mass is 32.1. The van der Waals surface area contributed by atoms with E-state index in [1.807, 2.05) is 30.1 Å². The molecular weight excluding hydrogens is 280 g/mol. The fraction of sp³-hybridized carbons (Fsp3) is 0.471. The third-order valence-corrected chi connectivity index (χ3v) is 5.44. The number of hydrogen-bond acceptors (Lipinski definition) is 3. The predicted octanol–water partition coefficient (Wildman–Crippen LogP) is 3.36. The first-order valence-corrected chi connectivity index (χ1v) is 8.52. The number of carbonyl (C=O) groups excluding carboxylic acids is 1. The Morgan fingerprint density at radius 1 is 1.33 bits per heavy atom. The number of carbonyl (C=O) groups is 1. The van der Waals surface area contributed by atoms with Gasteiger partial charge < -0.3 is 10.2 Å². The molecule has 1 saturated heterocycles. The number of thiophene rings is 1. The molecule has 1 aliphatic heterocycles. The Hall–Kier alpha value is -1.39. The summed E-state index contributed by atoms with van der Waals surface area (Å²) in [6.07, 6.45) is 3.50. The first-order valence-electron chi connectivity index (χ1n) is 7.70. The fourth-order valence-corrected chi connectivity index (χ4v) is 4.05. The van der Waals surface area contributed by atoms with Crippen molar-refractivity contribution >= 4 is 27.3 Å². The lowest BCUT2D eigenvalue weighted by atomic mass is 9.93. The quantitative estimate of drug-likeness (QED) is 0.939. The van der Waals surface area contributed by atoms with Crippen LogP contribution in [0, 0.1) is 5.92 Å². The minimum Gasteiger partial charge on any atom is -0.338 e. The second-order valence-corrected chi connectivity index (χ2v) is 6.86. The minimum absolute atomic E-state index is 0.211. The number of nitrogens with zero attached hydrogens (tertiary/aromatic N) is 1. The maximum atomic E-state index is 12.6. The highest BCUT2D eigenvalue weighted by molar-refractivity contribution is 7.20. The van der Waals surface area contributed by atoms with Gasteiger partial charge in [-0.3, -0.25) is 4.79 Å². The molecule has 1 fully saturated rings. The van der Waals surface area contributed by atoms with E-state index < -0.39 is 0 Å². The smallest absolute Gasteiger partial charge is 0.263 e. The third kappa shape index (κ3) is 3.27. The molecule has 1 amide bonds. The van der Waals surface area contributed by atoms with Gasteiger partial charge in [0.1, 0.15) is 0 Å². The number of likely N-dealkylation sites (tertiary alicyclic amines) is 1. The summed E-state index contributed by atoms with van der Waals surface area (Å²) in [6, 6.07) is 10.2. The molecule has 0 atom stereocenters. The molecule has 0 unspecified atom stereocenters. The van der Waals surface area contributed by atoms with E-state index in [0.717, 1.165) is 43.3 Å². The van der Waals surface area contributed by atoms with Crippen LogP contribution >= 0.6 is 11.3 Å². The zero-order valence-electron chi connectivity index (χ0n) is 12.5. The van der Waals surface area contributed by atoms with E-state index in [9.17, 15) is 4.79 Å². The normalized spacial score (nSPS) is 16.5. The molecule has 21 heavy (non-hydrogen) atoms. The van der Waals surface area contributed by atoms with E-state index in [1.165, 1.54) is 16.5 Å². The molecule has 0 saturated carbocycles. The van der Waals surface area contributed by atoms with E-state index in [1.54, 1.807) is 11.3 Å². The standard InChI is InChI=1S/C17H22N2OS/c1-18-9-6-13-7-10-19(11-8-13)17(20)16-12-14-4-2-3-5-15(14)21-16/h2-5,12-13,18H,6-11H2,1H3. The van der Waals surface area contributed by atoms with E-state index in [-0.39, 0.29) is 5.91 Å². The van der Waals surface area contributed by atoms with Crippen LogP contribution in [0.15, 0.2) is 30.3 Å². The maximum Gasteiger partial charge on any atom is 0.263 e. The van der Waals surface area contributed by atoms with Gasteiger partial charge in [0, 0.05) is 17.8 Å². The second-order valence-electron chi connectivity index (χ2n) is 5.78. The van der Waals surface area contributed by atoms with Crippen molar-refractivity contribution in [1.82, 2.24) is 10.2 Å². The minimum atomic E-state index is 0.211. The summed E-state index contributed by atoms with van der Waals surface area (Å²) in [5.41, 5.74) is 0. The zero-order valence-corrected chi connectivity index (χ0v) is 13.3. The first-order chi connectivity index (χ1) is 10.3. The first kappa shape index (κ1) is 14.5. The van der Waals surface area contributed by atoms with Gasteiger partial charge in [0.15, 0.2) is 0 Å². The van der Waals surface area contributed by atoms with Gasteiger partial charge in [-0.1, -0.05) is 18.2 Å². The lowest BCUT2D eigenvalue weighted by molar-refractivity contribution is 0.0692. The number of piperidine rings is 1. The second kappa shape index (κ2) is 6.58. The third-order valence-electron chi connectivity index (χ3n) is 4.34. The van der Waals surface area contributed by atoms with Crippen LogP contribution in [0.5, 0.6) is 0 Å². The summed E-state index contributed by atoms with van der Waals surface area (Å²) >= 11 is 1.61. The molecule has 2 aromatic rings. The van der Waals surface area contributed by atoms with Crippen molar-refractivity contribution in [2.45, 2.75) is 19.3 Å². The van der Waals surface area contributed by atoms with Crippen molar-refractivity contribution in [2.75, 3.05) is 26.7 Å². The molecule has 1 aliphatic rings. The summed E-state index contributed by atoms with van der Waals surface area (Å²) in [5.74, 6) is 0.979. The molecule has 4 heteroatoms. The number of benzene rings is 1. The Morgan fingerprint density at radius 2 is 2.10 bits per heavy atom. The van der Waals surface area contributed by atoms with Crippen LogP contribution in [0.3, 0.4) is 0 Å². The van der Waals surface area contributed by atoms with E-state index in [0.29, 0.717) is 0 Å². The van der Waals surface area contributed by atoms with Crippen LogP contribution in [0.4, 0.5) is 0 Å². The molecule has 0 aliphatic carbocycles. The average Bonchev–Trinajstić information content (AvgIpc) is 2.96. The molecule has 3 nitrogen and oxygen atoms in total. The van der Waals surface area contributed by atoms with Gasteiger partial charge >= 0.3 is 0 Å². The maximum absolute atomic E-state index is 12.6. The monoisotopic (exact) mass is 302 g/mol. The number of hydrogen-bond donors (Lipinski definition) is 1. The largest absolute Gasteiger partial charge is 0.338 e. The van der Waals surface area contributed by atoms with E-state index in [2.05, 4.69) is 17.4 Å². The summed E-state index contributed by atoms with van der Waals surface area (Å²) in [7, 11) is 2.00. The van der Waals surface area contributed by atoms with Gasteiger partial charge in [-0.05, 0) is 56.3 Å². The molecule has 112 valence electrons. The van der Waals surface area contributed by atoms with Crippen LogP contribution in [0.1, 0.15) is 28.9 Å². The summed E-state index contributed by atoms with van der Waals surface area (Å²) in [6.45, 7) is 2.89. The predicted molar refractivity (Wildman–Crippen MR) is 89.0 cm³/mol. The summed E-state index contributed by atoms with van der Waals surface area (Å²) in [4.78, 5) is 15.5. The molecule has 0 radical (unpaired) electrons. The molecule has 1 aromatic heterocycles. The van der Waals surface area contributed by atoms with Crippen molar-refractivity contribution in [2.24, 2.45) is 5.92 Å². The van der Waals surface area contributed by atoms with Gasteiger partial charge in [0.2, 0.25) is 0 Å². The van der Waals surface area contributed by atoms with E-state index in [4.69, 9.17) is 0 Å². The van der Waals surface area contributed by atoms with Gasteiger partial charge in [-0.15, -0.1) is 11.3 Å². The molecule has 3 rings (SSSR count). The number of amides is 1. The SMILES string of the molecule is CNCCC1CCN(C(=O)c2cc3ccccc3s2)CC1. The highest BCUT2D eigenvalue weighted by Crippen LogP contribution is 2.28. The van der Waals surface area contributed by atoms with Crippen molar-refractivity contribution in [1.29, 1.82) is 0 Å². The lowest BCUT2D eigenvalue weighted by Gasteiger charge is -2.31. The molecule has 1 N–H and O–H groups in total. The number of rotatable bonds is 4. The Bertz CT molecular complexity index is 581.